The van der Waals surface area contributed by atoms with E-state index in [0.29, 0.717) is 0 Å². The van der Waals surface area contributed by atoms with E-state index in [-0.39, 0.29) is 0 Å². The molecule has 2 rings (SSSR count). The summed E-state index contributed by atoms with van der Waals surface area (Å²) in [5, 5.41) is 5.93. The molecule has 0 fully saturated rings. The molecule has 0 bridgehead atoms. The molecule has 1 aromatic carbocycles. The van der Waals surface area contributed by atoms with Crippen LogP contribution in [0.4, 0.5) is 0 Å². The molecular weight excluding hydrogens is 192 g/mol. The maximum atomic E-state index is 3.98. The van der Waals surface area contributed by atoms with Crippen LogP contribution in [0.15, 0.2) is 29.6 Å². The Balaban J connectivity index is 0.000000461. The molecule has 0 N–H and O–H groups in total. The molecule has 0 radical (unpaired) electrons. The summed E-state index contributed by atoms with van der Waals surface area (Å²) >= 11 is 1.38. The zero-order chi connectivity index (χ0) is 10.4. The molecule has 1 heterocycles. The topological polar surface area (TPSA) is 25.8 Å². The van der Waals surface area contributed by atoms with Gasteiger partial charge >= 0.3 is 0 Å². The second-order valence-electron chi connectivity index (χ2n) is 2.66. The smallest absolute Gasteiger partial charge is 0.105 e. The van der Waals surface area contributed by atoms with Gasteiger partial charge in [-0.2, -0.15) is 0 Å². The van der Waals surface area contributed by atoms with Gasteiger partial charge in [0.1, 0.15) is 5.69 Å². The zero-order valence-electron chi connectivity index (χ0n) is 8.69. The standard InChI is InChI=1S/C9H8N2S.C2H6/c1-7-2-4-8(5-3-7)9-6-12-11-10-9;1-2/h2-6H,1H3;1-2H3. The first kappa shape index (κ1) is 10.9. The van der Waals surface area contributed by atoms with Gasteiger partial charge in [0.05, 0.1) is 0 Å². The maximum Gasteiger partial charge on any atom is 0.105 e. The van der Waals surface area contributed by atoms with Gasteiger partial charge in [0.2, 0.25) is 0 Å². The highest BCUT2D eigenvalue weighted by atomic mass is 32.1. The van der Waals surface area contributed by atoms with Crippen molar-refractivity contribution in [3.05, 3.63) is 35.2 Å². The van der Waals surface area contributed by atoms with E-state index < -0.39 is 0 Å². The quantitative estimate of drug-likeness (QED) is 0.713. The Kier molecular flexibility index (Phi) is 4.26. The molecule has 74 valence electrons. The van der Waals surface area contributed by atoms with Crippen molar-refractivity contribution in [2.24, 2.45) is 0 Å². The molecule has 3 heteroatoms. The Bertz CT molecular complexity index is 351. The van der Waals surface area contributed by atoms with Gasteiger partial charge in [-0.25, -0.2) is 0 Å². The number of hydrogen-bond donors (Lipinski definition) is 0. The summed E-state index contributed by atoms with van der Waals surface area (Å²) in [4.78, 5) is 0. The first-order valence-corrected chi connectivity index (χ1v) is 5.54. The third-order valence-corrected chi connectivity index (χ3v) is 2.21. The van der Waals surface area contributed by atoms with Crippen molar-refractivity contribution in [1.82, 2.24) is 9.59 Å². The number of rotatable bonds is 1. The molecule has 0 aliphatic heterocycles. The molecule has 2 nitrogen and oxygen atoms in total. The molecule has 0 saturated heterocycles. The summed E-state index contributed by atoms with van der Waals surface area (Å²) in [6.07, 6.45) is 0. The monoisotopic (exact) mass is 206 g/mol. The lowest BCUT2D eigenvalue weighted by Gasteiger charge is -1.95. The van der Waals surface area contributed by atoms with Crippen LogP contribution in [0.25, 0.3) is 11.3 Å². The Morgan fingerprint density at radius 2 is 1.71 bits per heavy atom. The first-order chi connectivity index (χ1) is 6.86. The van der Waals surface area contributed by atoms with Crippen molar-refractivity contribution in [2.45, 2.75) is 20.8 Å². The molecule has 0 unspecified atom stereocenters. The van der Waals surface area contributed by atoms with Crippen molar-refractivity contribution in [1.29, 1.82) is 0 Å². The summed E-state index contributed by atoms with van der Waals surface area (Å²) in [6.45, 7) is 6.07. The average Bonchev–Trinajstić information content (AvgIpc) is 2.75. The molecular formula is C11H14N2S. The van der Waals surface area contributed by atoms with Gasteiger partial charge in [-0.05, 0) is 18.5 Å². The summed E-state index contributed by atoms with van der Waals surface area (Å²) in [5.41, 5.74) is 3.36. The van der Waals surface area contributed by atoms with Gasteiger partial charge < -0.3 is 0 Å². The van der Waals surface area contributed by atoms with E-state index in [4.69, 9.17) is 0 Å². The van der Waals surface area contributed by atoms with E-state index in [1.54, 1.807) is 0 Å². The molecule has 14 heavy (non-hydrogen) atoms. The highest BCUT2D eigenvalue weighted by Crippen LogP contribution is 2.17. The molecule has 2 aromatic rings. The van der Waals surface area contributed by atoms with E-state index in [0.717, 1.165) is 11.3 Å². The number of aryl methyl sites for hydroxylation is 1. The third-order valence-electron chi connectivity index (χ3n) is 1.71. The van der Waals surface area contributed by atoms with Crippen LogP contribution in [0, 0.1) is 6.92 Å². The Morgan fingerprint density at radius 1 is 1.07 bits per heavy atom. The van der Waals surface area contributed by atoms with Crippen LogP contribution in [-0.4, -0.2) is 9.59 Å². The van der Waals surface area contributed by atoms with E-state index in [9.17, 15) is 0 Å². The zero-order valence-corrected chi connectivity index (χ0v) is 9.51. The normalized spacial score (nSPS) is 9.07. The van der Waals surface area contributed by atoms with Gasteiger partial charge in [-0.3, -0.25) is 0 Å². The lowest BCUT2D eigenvalue weighted by Crippen LogP contribution is -1.77. The van der Waals surface area contributed by atoms with Crippen LogP contribution in [-0.2, 0) is 0 Å². The van der Waals surface area contributed by atoms with Crippen molar-refractivity contribution in [3.8, 4) is 11.3 Å². The highest BCUT2D eigenvalue weighted by Gasteiger charge is 1.98. The van der Waals surface area contributed by atoms with Gasteiger partial charge in [0.25, 0.3) is 0 Å². The van der Waals surface area contributed by atoms with Crippen LogP contribution >= 0.6 is 11.5 Å². The Hall–Kier alpha value is -1.22. The second-order valence-corrected chi connectivity index (χ2v) is 3.27. The maximum absolute atomic E-state index is 3.98. The van der Waals surface area contributed by atoms with Crippen LogP contribution in [0.1, 0.15) is 19.4 Å². The predicted octanol–water partition coefficient (Wildman–Crippen LogP) is 3.54. The van der Waals surface area contributed by atoms with Crippen LogP contribution < -0.4 is 0 Å². The third kappa shape index (κ3) is 2.64. The minimum absolute atomic E-state index is 0.958. The Labute approximate surface area is 88.8 Å². The summed E-state index contributed by atoms with van der Waals surface area (Å²) in [7, 11) is 0. The predicted molar refractivity (Wildman–Crippen MR) is 61.4 cm³/mol. The Morgan fingerprint density at radius 3 is 2.21 bits per heavy atom. The average molecular weight is 206 g/mol. The van der Waals surface area contributed by atoms with Crippen molar-refractivity contribution in [3.63, 3.8) is 0 Å². The van der Waals surface area contributed by atoms with Crippen LogP contribution in [0.3, 0.4) is 0 Å². The lowest BCUT2D eigenvalue weighted by molar-refractivity contribution is 1.16. The van der Waals surface area contributed by atoms with Crippen molar-refractivity contribution in [2.75, 3.05) is 0 Å². The van der Waals surface area contributed by atoms with Gasteiger partial charge in [-0.15, -0.1) is 5.10 Å². The fraction of sp³-hybridized carbons (Fsp3) is 0.273. The molecule has 0 atom stereocenters. The highest BCUT2D eigenvalue weighted by molar-refractivity contribution is 7.03. The van der Waals surface area contributed by atoms with Gasteiger partial charge in [0, 0.05) is 10.9 Å². The van der Waals surface area contributed by atoms with Gasteiger partial charge in [0.15, 0.2) is 0 Å². The number of nitrogens with zero attached hydrogens (tertiary/aromatic N) is 2. The number of hydrogen-bond acceptors (Lipinski definition) is 3. The lowest BCUT2D eigenvalue weighted by atomic mass is 10.1. The molecule has 1 aromatic heterocycles. The molecule has 0 aliphatic rings. The SMILES string of the molecule is CC.Cc1ccc(-c2csnn2)cc1. The fourth-order valence-corrected chi connectivity index (χ4v) is 1.48. The largest absolute Gasteiger partial charge is 0.138 e. The van der Waals surface area contributed by atoms with E-state index in [2.05, 4.69) is 40.8 Å². The van der Waals surface area contributed by atoms with Crippen molar-refractivity contribution >= 4 is 11.5 Å². The minimum atomic E-state index is 0.958. The van der Waals surface area contributed by atoms with E-state index in [1.807, 2.05) is 19.2 Å². The molecule has 0 amide bonds. The molecule has 0 spiro atoms. The van der Waals surface area contributed by atoms with E-state index in [1.165, 1.54) is 17.1 Å². The number of benzene rings is 1. The number of aromatic nitrogens is 2. The summed E-state index contributed by atoms with van der Waals surface area (Å²) in [6, 6.07) is 8.28. The van der Waals surface area contributed by atoms with Gasteiger partial charge in [-0.1, -0.05) is 48.2 Å². The van der Waals surface area contributed by atoms with Crippen LogP contribution in [0.5, 0.6) is 0 Å². The fourth-order valence-electron chi connectivity index (χ4n) is 1.01. The summed E-state index contributed by atoms with van der Waals surface area (Å²) < 4.78 is 3.81. The second kappa shape index (κ2) is 5.50. The first-order valence-electron chi connectivity index (χ1n) is 4.70. The van der Waals surface area contributed by atoms with Crippen molar-refractivity contribution < 1.29 is 0 Å². The summed E-state index contributed by atoms with van der Waals surface area (Å²) in [5.74, 6) is 0. The molecule has 0 saturated carbocycles. The van der Waals surface area contributed by atoms with Crippen LogP contribution in [0.2, 0.25) is 0 Å². The minimum Gasteiger partial charge on any atom is -0.138 e. The van der Waals surface area contributed by atoms with E-state index >= 15 is 0 Å². The molecule has 0 aliphatic carbocycles.